The van der Waals surface area contributed by atoms with Crippen LogP contribution >= 0.6 is 0 Å². The minimum Gasteiger partial charge on any atom is -0.550 e. The Hall–Kier alpha value is -1.59. The van der Waals surface area contributed by atoms with Gasteiger partial charge in [0, 0.05) is 31.7 Å². The minimum atomic E-state index is -1.13. The van der Waals surface area contributed by atoms with Gasteiger partial charge in [-0.05, 0) is 38.0 Å². The molecule has 116 valence electrons. The number of carboxylic acids is 1. The molecule has 0 aromatic carbocycles. The topological polar surface area (TPSA) is 92.7 Å². The van der Waals surface area contributed by atoms with Crippen molar-refractivity contribution in [1.82, 2.24) is 0 Å². The zero-order chi connectivity index (χ0) is 15.5. The second-order valence-electron chi connectivity index (χ2n) is 7.13. The zero-order valence-corrected chi connectivity index (χ0v) is 12.3. The van der Waals surface area contributed by atoms with Gasteiger partial charge < -0.3 is 19.4 Å². The third-order valence-corrected chi connectivity index (χ3v) is 5.12. The average Bonchev–Trinajstić information content (AvgIpc) is 2.22. The Bertz CT molecular complexity index is 492. The minimum absolute atomic E-state index is 0.0813. The van der Waals surface area contributed by atoms with Gasteiger partial charge in [0.05, 0.1) is 0 Å². The number of rotatable bonds is 3. The number of carbonyl (C=O) groups excluding carboxylic acids is 3. The summed E-state index contributed by atoms with van der Waals surface area (Å²) in [6, 6.07) is 0. The first-order chi connectivity index (χ1) is 9.68. The average molecular weight is 295 g/mol. The van der Waals surface area contributed by atoms with Crippen LogP contribution in [0, 0.1) is 11.3 Å². The van der Waals surface area contributed by atoms with Crippen LogP contribution in [0.2, 0.25) is 0 Å². The summed E-state index contributed by atoms with van der Waals surface area (Å²) in [4.78, 5) is 34.6. The van der Waals surface area contributed by atoms with Crippen molar-refractivity contribution < 1.29 is 29.0 Å². The lowest BCUT2D eigenvalue weighted by Crippen LogP contribution is -2.68. The van der Waals surface area contributed by atoms with E-state index in [1.54, 1.807) is 0 Å². The van der Waals surface area contributed by atoms with Gasteiger partial charge in [0.25, 0.3) is 0 Å². The predicted molar refractivity (Wildman–Crippen MR) is 67.6 cm³/mol. The van der Waals surface area contributed by atoms with E-state index in [9.17, 15) is 19.5 Å². The Morgan fingerprint density at radius 1 is 0.905 bits per heavy atom. The van der Waals surface area contributed by atoms with Crippen molar-refractivity contribution in [3.8, 4) is 0 Å². The summed E-state index contributed by atoms with van der Waals surface area (Å²) in [7, 11) is 0. The van der Waals surface area contributed by atoms with Crippen molar-refractivity contribution >= 4 is 17.9 Å². The molecule has 4 saturated carbocycles. The van der Waals surface area contributed by atoms with Crippen LogP contribution < -0.4 is 5.11 Å². The number of carbonyl (C=O) groups is 3. The van der Waals surface area contributed by atoms with E-state index in [2.05, 4.69) is 0 Å². The third-order valence-electron chi connectivity index (χ3n) is 5.12. The number of carboxylic acid groups (broad SMARTS) is 1. The molecule has 0 radical (unpaired) electrons. The van der Waals surface area contributed by atoms with Crippen LogP contribution in [0.5, 0.6) is 0 Å². The monoisotopic (exact) mass is 295 g/mol. The Kier molecular flexibility index (Phi) is 2.88. The van der Waals surface area contributed by atoms with Crippen molar-refractivity contribution in [2.24, 2.45) is 11.3 Å². The van der Waals surface area contributed by atoms with Crippen molar-refractivity contribution in [1.29, 1.82) is 0 Å². The van der Waals surface area contributed by atoms with Gasteiger partial charge in [0.1, 0.15) is 11.2 Å². The summed E-state index contributed by atoms with van der Waals surface area (Å²) in [6.45, 7) is 2.64. The van der Waals surface area contributed by atoms with Crippen LogP contribution in [0.1, 0.15) is 52.4 Å². The lowest BCUT2D eigenvalue weighted by molar-refractivity contribution is -0.339. The molecule has 0 aliphatic heterocycles. The fourth-order valence-corrected chi connectivity index (χ4v) is 5.33. The summed E-state index contributed by atoms with van der Waals surface area (Å²) >= 11 is 0. The molecule has 0 N–H and O–H groups in total. The Balaban J connectivity index is 2.01. The van der Waals surface area contributed by atoms with E-state index in [0.29, 0.717) is 25.7 Å². The maximum atomic E-state index is 11.7. The SMILES string of the molecule is CC(=O)OC12CC3CC(OC(C)=O)(C1)CC(C(=O)[O-])(C3)C2. The van der Waals surface area contributed by atoms with Crippen LogP contribution in [-0.2, 0) is 23.9 Å². The highest BCUT2D eigenvalue weighted by molar-refractivity contribution is 5.75. The van der Waals surface area contributed by atoms with E-state index in [4.69, 9.17) is 9.47 Å². The van der Waals surface area contributed by atoms with E-state index in [-0.39, 0.29) is 18.8 Å². The number of hydrogen-bond acceptors (Lipinski definition) is 6. The number of ether oxygens (including phenoxy) is 2. The van der Waals surface area contributed by atoms with E-state index in [1.807, 2.05) is 0 Å². The highest BCUT2D eigenvalue weighted by Gasteiger charge is 2.67. The number of esters is 2. The predicted octanol–water partition coefficient (Wildman–Crippen LogP) is 0.324. The molecule has 4 aliphatic carbocycles. The van der Waals surface area contributed by atoms with Crippen LogP contribution in [0.4, 0.5) is 0 Å². The van der Waals surface area contributed by atoms with Crippen LogP contribution in [0.25, 0.3) is 0 Å². The molecule has 4 bridgehead atoms. The number of aliphatic carboxylic acids is 1. The molecule has 0 spiro atoms. The molecular weight excluding hydrogens is 276 g/mol. The second-order valence-corrected chi connectivity index (χ2v) is 7.13. The van der Waals surface area contributed by atoms with Gasteiger partial charge in [0.2, 0.25) is 0 Å². The van der Waals surface area contributed by atoms with Crippen molar-refractivity contribution in [2.75, 3.05) is 0 Å². The van der Waals surface area contributed by atoms with Gasteiger partial charge in [0.15, 0.2) is 0 Å². The fraction of sp³-hybridized carbons (Fsp3) is 0.800. The molecule has 4 aliphatic rings. The molecule has 0 aromatic heterocycles. The summed E-state index contributed by atoms with van der Waals surface area (Å²) in [5.74, 6) is -1.90. The molecule has 6 heteroatoms. The lowest BCUT2D eigenvalue weighted by atomic mass is 9.46. The van der Waals surface area contributed by atoms with Gasteiger partial charge in [-0.15, -0.1) is 0 Å². The molecule has 6 nitrogen and oxygen atoms in total. The summed E-state index contributed by atoms with van der Waals surface area (Å²) < 4.78 is 11.0. The molecule has 0 aromatic rings. The van der Waals surface area contributed by atoms with Gasteiger partial charge in [-0.3, -0.25) is 9.59 Å². The normalized spacial score (nSPS) is 43.4. The van der Waals surface area contributed by atoms with E-state index >= 15 is 0 Å². The van der Waals surface area contributed by atoms with Gasteiger partial charge in [-0.25, -0.2) is 0 Å². The molecule has 0 heterocycles. The highest BCUT2D eigenvalue weighted by atomic mass is 16.6. The molecule has 4 fully saturated rings. The molecule has 21 heavy (non-hydrogen) atoms. The van der Waals surface area contributed by atoms with E-state index in [1.165, 1.54) is 13.8 Å². The molecule has 0 saturated heterocycles. The summed E-state index contributed by atoms with van der Waals surface area (Å²) in [5.41, 5.74) is -2.72. The van der Waals surface area contributed by atoms with Crippen LogP contribution in [-0.4, -0.2) is 29.1 Å². The largest absolute Gasteiger partial charge is 0.550 e. The highest BCUT2D eigenvalue weighted by Crippen LogP contribution is 2.65. The van der Waals surface area contributed by atoms with Crippen LogP contribution in [0.15, 0.2) is 0 Å². The smallest absolute Gasteiger partial charge is 0.303 e. The maximum absolute atomic E-state index is 11.7. The first-order valence-electron chi connectivity index (χ1n) is 7.29. The van der Waals surface area contributed by atoms with Gasteiger partial charge in [-0.2, -0.15) is 0 Å². The maximum Gasteiger partial charge on any atom is 0.303 e. The van der Waals surface area contributed by atoms with Gasteiger partial charge >= 0.3 is 11.9 Å². The standard InChI is InChI=1S/C15H20O6/c1-9(16)20-14-4-11-3-13(6-14,12(18)19)7-15(5-11,8-14)21-10(2)17/h11H,3-8H2,1-2H3,(H,18,19)/p-1. The van der Waals surface area contributed by atoms with Crippen molar-refractivity contribution in [3.05, 3.63) is 0 Å². The first-order valence-corrected chi connectivity index (χ1v) is 7.29. The third kappa shape index (κ3) is 2.21. The fourth-order valence-electron chi connectivity index (χ4n) is 5.33. The molecular formula is C15H19O6-. The Morgan fingerprint density at radius 2 is 1.38 bits per heavy atom. The summed E-state index contributed by atoms with van der Waals surface area (Å²) in [6.07, 6.45) is 2.73. The first kappa shape index (κ1) is 14.4. The van der Waals surface area contributed by atoms with Crippen molar-refractivity contribution in [2.45, 2.75) is 63.6 Å². The van der Waals surface area contributed by atoms with E-state index < -0.39 is 34.5 Å². The van der Waals surface area contributed by atoms with Crippen molar-refractivity contribution in [3.63, 3.8) is 0 Å². The molecule has 4 rings (SSSR count). The number of hydrogen-bond donors (Lipinski definition) is 0. The van der Waals surface area contributed by atoms with Gasteiger partial charge in [-0.1, -0.05) is 0 Å². The zero-order valence-electron chi connectivity index (χ0n) is 12.3. The molecule has 2 atom stereocenters. The summed E-state index contributed by atoms with van der Waals surface area (Å²) in [5, 5.41) is 11.7. The molecule has 0 amide bonds. The van der Waals surface area contributed by atoms with E-state index in [0.717, 1.165) is 0 Å². The Morgan fingerprint density at radius 3 is 1.76 bits per heavy atom. The Labute approximate surface area is 122 Å². The van der Waals surface area contributed by atoms with Crippen LogP contribution in [0.3, 0.4) is 0 Å². The quantitative estimate of drug-likeness (QED) is 0.696. The second kappa shape index (κ2) is 4.21. The molecule has 2 unspecified atom stereocenters. The lowest BCUT2D eigenvalue weighted by Gasteiger charge is -2.64.